The molecule has 98 valence electrons. The van der Waals surface area contributed by atoms with E-state index >= 15 is 0 Å². The molecule has 0 radical (unpaired) electrons. The van der Waals surface area contributed by atoms with E-state index in [1.807, 2.05) is 0 Å². The van der Waals surface area contributed by atoms with Crippen LogP contribution in [0.1, 0.15) is 38.5 Å². The van der Waals surface area contributed by atoms with E-state index in [0.717, 1.165) is 25.6 Å². The summed E-state index contributed by atoms with van der Waals surface area (Å²) in [6.45, 7) is 3.08. The summed E-state index contributed by atoms with van der Waals surface area (Å²) in [4.78, 5) is 13.6. The highest BCUT2D eigenvalue weighted by molar-refractivity contribution is 5.80. The average Bonchev–Trinajstić information content (AvgIpc) is 2.58. The molecule has 1 saturated heterocycles. The summed E-state index contributed by atoms with van der Waals surface area (Å²) in [5, 5.41) is 0. The number of hydrogen-bond acceptors (Lipinski definition) is 3. The Kier molecular flexibility index (Phi) is 4.80. The first-order valence-electron chi connectivity index (χ1n) is 6.88. The molecule has 1 saturated carbocycles. The van der Waals surface area contributed by atoms with Crippen LogP contribution in [0.2, 0.25) is 0 Å². The summed E-state index contributed by atoms with van der Waals surface area (Å²) in [7, 11) is 0. The number of carbonyl (C=O) groups is 1. The molecule has 0 spiro atoms. The molecule has 2 N–H and O–H groups in total. The molecule has 1 amide bonds. The van der Waals surface area contributed by atoms with E-state index in [9.17, 15) is 4.79 Å². The van der Waals surface area contributed by atoms with Gasteiger partial charge in [-0.15, -0.1) is 0 Å². The monoisotopic (exact) mass is 240 g/mol. The van der Waals surface area contributed by atoms with Gasteiger partial charge >= 0.3 is 0 Å². The number of ether oxygens (including phenoxy) is 1. The van der Waals surface area contributed by atoms with Gasteiger partial charge in [0.15, 0.2) is 0 Å². The lowest BCUT2D eigenvalue weighted by molar-refractivity contribution is -0.129. The summed E-state index contributed by atoms with van der Waals surface area (Å²) in [5.74, 6) is 0.510. The third-order valence-corrected chi connectivity index (χ3v) is 4.04. The Morgan fingerprint density at radius 2 is 1.94 bits per heavy atom. The summed E-state index contributed by atoms with van der Waals surface area (Å²) < 4.78 is 5.34. The van der Waals surface area contributed by atoms with Crippen molar-refractivity contribution in [1.82, 2.24) is 4.90 Å². The maximum Gasteiger partial charge on any atom is 0.237 e. The number of amides is 1. The van der Waals surface area contributed by atoms with Crippen LogP contribution in [-0.2, 0) is 9.53 Å². The van der Waals surface area contributed by atoms with Crippen molar-refractivity contribution in [2.24, 2.45) is 11.7 Å². The molecule has 4 nitrogen and oxygen atoms in total. The molecule has 1 atom stereocenters. The minimum atomic E-state index is -0.238. The minimum absolute atomic E-state index is 0.202. The molecule has 0 aromatic rings. The predicted molar refractivity (Wildman–Crippen MR) is 66.6 cm³/mol. The normalized spacial score (nSPS) is 28.8. The fraction of sp³-hybridized carbons (Fsp3) is 0.923. The number of nitrogens with zero attached hydrogens (tertiary/aromatic N) is 1. The highest BCUT2D eigenvalue weighted by Crippen LogP contribution is 2.24. The average molecular weight is 240 g/mol. The summed E-state index contributed by atoms with van der Waals surface area (Å²) in [6, 6.07) is -0.202. The Morgan fingerprint density at radius 1 is 1.24 bits per heavy atom. The van der Waals surface area contributed by atoms with Gasteiger partial charge in [-0.2, -0.15) is 0 Å². The smallest absolute Gasteiger partial charge is 0.237 e. The molecular formula is C13H24N2O2. The van der Waals surface area contributed by atoms with Gasteiger partial charge in [0.1, 0.15) is 6.04 Å². The first-order chi connectivity index (χ1) is 8.27. The Morgan fingerprint density at radius 3 is 2.59 bits per heavy atom. The van der Waals surface area contributed by atoms with Crippen molar-refractivity contribution in [3.05, 3.63) is 0 Å². The van der Waals surface area contributed by atoms with Gasteiger partial charge in [0.2, 0.25) is 5.91 Å². The van der Waals surface area contributed by atoms with Gasteiger partial charge in [-0.25, -0.2) is 0 Å². The number of morpholine rings is 1. The van der Waals surface area contributed by atoms with E-state index < -0.39 is 0 Å². The van der Waals surface area contributed by atoms with Crippen LogP contribution in [0.5, 0.6) is 0 Å². The summed E-state index contributed by atoms with van der Waals surface area (Å²) in [5.41, 5.74) is 5.43. The second kappa shape index (κ2) is 6.36. The van der Waals surface area contributed by atoms with Crippen LogP contribution in [0, 0.1) is 5.92 Å². The van der Waals surface area contributed by atoms with Crippen LogP contribution < -0.4 is 5.73 Å². The number of primary amides is 1. The Labute approximate surface area is 103 Å². The van der Waals surface area contributed by atoms with Gasteiger partial charge in [0.25, 0.3) is 0 Å². The number of nitrogens with two attached hydrogens (primary N) is 1. The second-order valence-electron chi connectivity index (χ2n) is 5.35. The van der Waals surface area contributed by atoms with Crippen molar-refractivity contribution in [3.8, 4) is 0 Å². The Hall–Kier alpha value is -0.610. The third kappa shape index (κ3) is 3.68. The van der Waals surface area contributed by atoms with E-state index in [1.54, 1.807) is 0 Å². The molecule has 1 unspecified atom stereocenters. The molecule has 4 heteroatoms. The molecule has 0 bridgehead atoms. The topological polar surface area (TPSA) is 55.6 Å². The molecule has 2 fully saturated rings. The molecule has 17 heavy (non-hydrogen) atoms. The molecule has 1 aliphatic heterocycles. The third-order valence-electron chi connectivity index (χ3n) is 4.04. The van der Waals surface area contributed by atoms with Gasteiger partial charge in [0.05, 0.1) is 13.2 Å². The maximum absolute atomic E-state index is 11.4. The van der Waals surface area contributed by atoms with Gasteiger partial charge in [-0.1, -0.05) is 25.7 Å². The molecule has 1 aliphatic carbocycles. The van der Waals surface area contributed by atoms with E-state index in [4.69, 9.17) is 10.5 Å². The molecule has 2 aliphatic rings. The quantitative estimate of drug-likeness (QED) is 0.753. The van der Waals surface area contributed by atoms with Crippen LogP contribution in [0.4, 0.5) is 0 Å². The van der Waals surface area contributed by atoms with Gasteiger partial charge in [-0.05, 0) is 18.8 Å². The number of hydrogen-bond donors (Lipinski definition) is 1. The fourth-order valence-corrected chi connectivity index (χ4v) is 3.00. The van der Waals surface area contributed by atoms with Crippen molar-refractivity contribution < 1.29 is 9.53 Å². The van der Waals surface area contributed by atoms with Crippen molar-refractivity contribution in [1.29, 1.82) is 0 Å². The zero-order valence-electron chi connectivity index (χ0n) is 10.6. The van der Waals surface area contributed by atoms with E-state index in [0.29, 0.717) is 6.61 Å². The summed E-state index contributed by atoms with van der Waals surface area (Å²) >= 11 is 0. The second-order valence-corrected chi connectivity index (χ2v) is 5.35. The molecule has 0 aromatic heterocycles. The van der Waals surface area contributed by atoms with Gasteiger partial charge in [0, 0.05) is 13.1 Å². The molecular weight excluding hydrogens is 216 g/mol. The number of carbonyl (C=O) groups excluding carboxylic acids is 1. The zero-order valence-corrected chi connectivity index (χ0v) is 10.6. The van der Waals surface area contributed by atoms with Crippen LogP contribution >= 0.6 is 0 Å². The molecule has 0 aromatic carbocycles. The standard InChI is InChI=1S/C13H24N2O2/c14-13(16)12-10-17-8-7-15(12)9-11-5-3-1-2-4-6-11/h11-12H,1-10H2,(H2,14,16). The van der Waals surface area contributed by atoms with Crippen molar-refractivity contribution in [2.45, 2.75) is 44.6 Å². The van der Waals surface area contributed by atoms with Crippen molar-refractivity contribution in [3.63, 3.8) is 0 Å². The van der Waals surface area contributed by atoms with Gasteiger partial charge in [-0.3, -0.25) is 9.69 Å². The van der Waals surface area contributed by atoms with Crippen molar-refractivity contribution in [2.75, 3.05) is 26.3 Å². The zero-order chi connectivity index (χ0) is 12.1. The van der Waals surface area contributed by atoms with E-state index in [1.165, 1.54) is 38.5 Å². The minimum Gasteiger partial charge on any atom is -0.378 e. The lowest BCUT2D eigenvalue weighted by Crippen LogP contribution is -2.53. The highest BCUT2D eigenvalue weighted by Gasteiger charge is 2.29. The van der Waals surface area contributed by atoms with E-state index in [2.05, 4.69) is 4.90 Å². The summed E-state index contributed by atoms with van der Waals surface area (Å²) in [6.07, 6.45) is 8.05. The van der Waals surface area contributed by atoms with E-state index in [-0.39, 0.29) is 11.9 Å². The largest absolute Gasteiger partial charge is 0.378 e. The van der Waals surface area contributed by atoms with Crippen LogP contribution in [0.15, 0.2) is 0 Å². The number of rotatable bonds is 3. The lowest BCUT2D eigenvalue weighted by atomic mass is 9.98. The van der Waals surface area contributed by atoms with Crippen LogP contribution in [-0.4, -0.2) is 43.2 Å². The highest BCUT2D eigenvalue weighted by atomic mass is 16.5. The maximum atomic E-state index is 11.4. The lowest BCUT2D eigenvalue weighted by Gasteiger charge is -2.35. The first-order valence-corrected chi connectivity index (χ1v) is 6.88. The predicted octanol–water partition coefficient (Wildman–Crippen LogP) is 1.14. The van der Waals surface area contributed by atoms with Gasteiger partial charge < -0.3 is 10.5 Å². The first kappa shape index (κ1) is 12.8. The Bertz CT molecular complexity index is 250. The Balaban J connectivity index is 1.88. The SMILES string of the molecule is NC(=O)C1COCCN1CC1CCCCCC1. The fourth-order valence-electron chi connectivity index (χ4n) is 3.00. The molecule has 1 heterocycles. The van der Waals surface area contributed by atoms with Crippen LogP contribution in [0.3, 0.4) is 0 Å². The molecule has 2 rings (SSSR count). The van der Waals surface area contributed by atoms with Crippen LogP contribution in [0.25, 0.3) is 0 Å². The van der Waals surface area contributed by atoms with Crippen molar-refractivity contribution >= 4 is 5.91 Å².